The Kier molecular flexibility index (Phi) is 5.43. The number of amides is 4. The highest BCUT2D eigenvalue weighted by atomic mass is 16.5. The fourth-order valence-electron chi connectivity index (χ4n) is 2.27. The van der Waals surface area contributed by atoms with E-state index in [2.05, 4.69) is 36.7 Å². The lowest BCUT2D eigenvalue weighted by Gasteiger charge is -2.19. The third-order valence-corrected chi connectivity index (χ3v) is 3.66. The van der Waals surface area contributed by atoms with Crippen molar-refractivity contribution in [2.24, 2.45) is 0 Å². The smallest absolute Gasteiger partial charge is 0.322 e. The van der Waals surface area contributed by atoms with Crippen molar-refractivity contribution in [2.45, 2.75) is 38.6 Å². The van der Waals surface area contributed by atoms with Crippen LogP contribution in [0.1, 0.15) is 32.8 Å². The first-order valence-electron chi connectivity index (χ1n) is 7.87. The monoisotopic (exact) mass is 333 g/mol. The van der Waals surface area contributed by atoms with E-state index < -0.39 is 18.0 Å². The lowest BCUT2D eigenvalue weighted by atomic mass is 9.87. The zero-order valence-electron chi connectivity index (χ0n) is 14.1. The van der Waals surface area contributed by atoms with E-state index in [1.807, 2.05) is 24.3 Å². The van der Waals surface area contributed by atoms with E-state index in [0.29, 0.717) is 13.2 Å². The van der Waals surface area contributed by atoms with Crippen LogP contribution in [0.25, 0.3) is 0 Å². The predicted octanol–water partition coefficient (Wildman–Crippen LogP) is 1.08. The van der Waals surface area contributed by atoms with E-state index in [-0.39, 0.29) is 17.7 Å². The quantitative estimate of drug-likeness (QED) is 0.536. The number of urea groups is 1. The van der Waals surface area contributed by atoms with Crippen LogP contribution >= 0.6 is 0 Å². The molecule has 0 aromatic heterocycles. The van der Waals surface area contributed by atoms with Gasteiger partial charge in [-0.1, -0.05) is 32.9 Å². The van der Waals surface area contributed by atoms with Crippen molar-refractivity contribution in [3.05, 3.63) is 29.8 Å². The molecule has 0 spiro atoms. The van der Waals surface area contributed by atoms with Gasteiger partial charge < -0.3 is 15.4 Å². The average Bonchev–Trinajstić information content (AvgIpc) is 2.81. The summed E-state index contributed by atoms with van der Waals surface area (Å²) in [4.78, 5) is 34.0. The number of hydrogen-bond donors (Lipinski definition) is 3. The number of nitrogens with one attached hydrogen (secondary N) is 3. The molecule has 0 saturated carbocycles. The summed E-state index contributed by atoms with van der Waals surface area (Å²) < 4.78 is 5.57. The Bertz CT molecular complexity index is 620. The molecular weight excluding hydrogens is 310 g/mol. The summed E-state index contributed by atoms with van der Waals surface area (Å²) in [6, 6.07) is 6.48. The Labute approximate surface area is 141 Å². The molecule has 7 heteroatoms. The van der Waals surface area contributed by atoms with Crippen LogP contribution in [0.2, 0.25) is 0 Å². The Morgan fingerprint density at radius 1 is 1.21 bits per heavy atom. The molecule has 1 aliphatic rings. The highest BCUT2D eigenvalue weighted by Gasteiger charge is 2.31. The zero-order valence-corrected chi connectivity index (χ0v) is 14.1. The molecule has 130 valence electrons. The van der Waals surface area contributed by atoms with Gasteiger partial charge in [-0.05, 0) is 23.1 Å². The van der Waals surface area contributed by atoms with Crippen LogP contribution in [-0.2, 0) is 15.0 Å². The first-order valence-corrected chi connectivity index (χ1v) is 7.87. The minimum atomic E-state index is -0.802. The summed E-state index contributed by atoms with van der Waals surface area (Å²) >= 11 is 0. The van der Waals surface area contributed by atoms with Crippen molar-refractivity contribution in [3.8, 4) is 5.75 Å². The first kappa shape index (κ1) is 17.8. The molecule has 1 aliphatic heterocycles. The Morgan fingerprint density at radius 2 is 1.88 bits per heavy atom. The standard InChI is InChI=1S/C17H23N3O4/c1-17(2,3)11-4-6-12(7-5-11)24-9-8-18-14(21)10-13-15(22)20-16(23)19-13/h4-7,13H,8-10H2,1-3H3,(H,18,21)(H2,19,20,22,23). The zero-order chi connectivity index (χ0) is 17.7. The van der Waals surface area contributed by atoms with Crippen molar-refractivity contribution in [2.75, 3.05) is 13.2 Å². The molecule has 1 fully saturated rings. The van der Waals surface area contributed by atoms with E-state index >= 15 is 0 Å². The third-order valence-electron chi connectivity index (χ3n) is 3.66. The van der Waals surface area contributed by atoms with Gasteiger partial charge in [0.05, 0.1) is 13.0 Å². The first-order chi connectivity index (χ1) is 11.3. The van der Waals surface area contributed by atoms with Crippen LogP contribution in [0.3, 0.4) is 0 Å². The SMILES string of the molecule is CC(C)(C)c1ccc(OCCNC(=O)CC2NC(=O)NC2=O)cc1. The number of imide groups is 1. The second kappa shape index (κ2) is 7.33. The molecule has 1 aromatic rings. The van der Waals surface area contributed by atoms with E-state index in [9.17, 15) is 14.4 Å². The van der Waals surface area contributed by atoms with E-state index in [1.165, 1.54) is 5.56 Å². The molecule has 1 unspecified atom stereocenters. The van der Waals surface area contributed by atoms with Gasteiger partial charge >= 0.3 is 6.03 Å². The maximum absolute atomic E-state index is 11.7. The fourth-order valence-corrected chi connectivity index (χ4v) is 2.27. The highest BCUT2D eigenvalue weighted by molar-refractivity contribution is 6.05. The molecule has 4 amide bonds. The van der Waals surface area contributed by atoms with Crippen LogP contribution in [0.5, 0.6) is 5.75 Å². The number of ether oxygens (including phenoxy) is 1. The number of carbonyl (C=O) groups is 3. The number of rotatable bonds is 6. The maximum atomic E-state index is 11.7. The minimum Gasteiger partial charge on any atom is -0.492 e. The number of hydrogen-bond acceptors (Lipinski definition) is 4. The Hall–Kier alpha value is -2.57. The summed E-state index contributed by atoms with van der Waals surface area (Å²) in [5.41, 5.74) is 1.31. The third kappa shape index (κ3) is 4.97. The van der Waals surface area contributed by atoms with Gasteiger partial charge in [-0.2, -0.15) is 0 Å². The van der Waals surface area contributed by atoms with Crippen molar-refractivity contribution in [1.82, 2.24) is 16.0 Å². The molecule has 1 saturated heterocycles. The Morgan fingerprint density at radius 3 is 2.42 bits per heavy atom. The molecule has 0 bridgehead atoms. The molecule has 24 heavy (non-hydrogen) atoms. The summed E-state index contributed by atoms with van der Waals surface area (Å²) in [7, 11) is 0. The summed E-state index contributed by atoms with van der Waals surface area (Å²) in [6.07, 6.45) is -0.0855. The summed E-state index contributed by atoms with van der Waals surface area (Å²) in [6.45, 7) is 7.08. The molecule has 1 atom stereocenters. The normalized spacial score (nSPS) is 17.2. The van der Waals surface area contributed by atoms with E-state index in [4.69, 9.17) is 4.74 Å². The fraction of sp³-hybridized carbons (Fsp3) is 0.471. The minimum absolute atomic E-state index is 0.0855. The van der Waals surface area contributed by atoms with Gasteiger partial charge in [-0.15, -0.1) is 0 Å². The van der Waals surface area contributed by atoms with Gasteiger partial charge in [0.25, 0.3) is 5.91 Å². The van der Waals surface area contributed by atoms with Crippen molar-refractivity contribution in [1.29, 1.82) is 0 Å². The van der Waals surface area contributed by atoms with E-state index in [0.717, 1.165) is 5.75 Å². The predicted molar refractivity (Wildman–Crippen MR) is 88.7 cm³/mol. The van der Waals surface area contributed by atoms with Gasteiger partial charge in [0, 0.05) is 0 Å². The molecular formula is C17H23N3O4. The van der Waals surface area contributed by atoms with Crippen LogP contribution in [0.4, 0.5) is 4.79 Å². The number of benzene rings is 1. The molecule has 1 aromatic carbocycles. The number of carbonyl (C=O) groups excluding carboxylic acids is 3. The lowest BCUT2D eigenvalue weighted by molar-refractivity contribution is -0.126. The molecule has 3 N–H and O–H groups in total. The van der Waals surface area contributed by atoms with Gasteiger partial charge in [-0.3, -0.25) is 14.9 Å². The molecule has 7 nitrogen and oxygen atoms in total. The highest BCUT2D eigenvalue weighted by Crippen LogP contribution is 2.24. The van der Waals surface area contributed by atoms with Crippen molar-refractivity contribution >= 4 is 17.8 Å². The van der Waals surface area contributed by atoms with Gasteiger partial charge in [0.15, 0.2) is 0 Å². The van der Waals surface area contributed by atoms with Gasteiger partial charge in [-0.25, -0.2) is 4.79 Å². The van der Waals surface area contributed by atoms with Crippen LogP contribution in [0.15, 0.2) is 24.3 Å². The van der Waals surface area contributed by atoms with Crippen molar-refractivity contribution in [3.63, 3.8) is 0 Å². The molecule has 2 rings (SSSR count). The van der Waals surface area contributed by atoms with Gasteiger partial charge in [0.1, 0.15) is 18.4 Å². The van der Waals surface area contributed by atoms with Crippen molar-refractivity contribution < 1.29 is 19.1 Å². The maximum Gasteiger partial charge on any atom is 0.322 e. The summed E-state index contributed by atoms with van der Waals surface area (Å²) in [5, 5.41) is 7.11. The second-order valence-corrected chi connectivity index (χ2v) is 6.69. The van der Waals surface area contributed by atoms with Gasteiger partial charge in [0.2, 0.25) is 5.91 Å². The average molecular weight is 333 g/mol. The lowest BCUT2D eigenvalue weighted by Crippen LogP contribution is -2.37. The Balaban J connectivity index is 1.68. The van der Waals surface area contributed by atoms with E-state index in [1.54, 1.807) is 0 Å². The summed E-state index contributed by atoms with van der Waals surface area (Å²) in [5.74, 6) is -0.0611. The second-order valence-electron chi connectivity index (χ2n) is 6.69. The largest absolute Gasteiger partial charge is 0.492 e. The van der Waals surface area contributed by atoms with Crippen LogP contribution in [-0.4, -0.2) is 37.0 Å². The van der Waals surface area contributed by atoms with Crippen LogP contribution < -0.4 is 20.7 Å². The van der Waals surface area contributed by atoms with Crippen LogP contribution in [0, 0.1) is 0 Å². The molecule has 0 aliphatic carbocycles. The topological polar surface area (TPSA) is 96.5 Å². The molecule has 0 radical (unpaired) electrons. The molecule has 1 heterocycles.